The zero-order chi connectivity index (χ0) is 19.1. The number of nitrogens with one attached hydrogen (secondary N) is 1. The summed E-state index contributed by atoms with van der Waals surface area (Å²) < 4.78 is 31.6. The topological polar surface area (TPSA) is 88.6 Å². The third-order valence-corrected chi connectivity index (χ3v) is 6.34. The first-order valence-electron chi connectivity index (χ1n) is 8.74. The number of hydrogen-bond acceptors (Lipinski definition) is 5. The van der Waals surface area contributed by atoms with Crippen LogP contribution in [0.3, 0.4) is 0 Å². The number of aromatic nitrogens is 1. The molecule has 1 spiro atoms. The Morgan fingerprint density at radius 3 is 2.89 bits per heavy atom. The van der Waals surface area contributed by atoms with E-state index in [-0.39, 0.29) is 5.91 Å². The molecule has 7 nitrogen and oxygen atoms in total. The van der Waals surface area contributed by atoms with Gasteiger partial charge in [0, 0.05) is 30.9 Å². The Labute approximate surface area is 158 Å². The molecule has 0 unspecified atom stereocenters. The summed E-state index contributed by atoms with van der Waals surface area (Å²) in [5.74, 6) is -0.189. The molecule has 1 amide bonds. The Balaban J connectivity index is 1.51. The van der Waals surface area contributed by atoms with E-state index in [2.05, 4.69) is 10.3 Å². The molecule has 2 aliphatic heterocycles. The molecule has 0 aliphatic carbocycles. The van der Waals surface area contributed by atoms with Gasteiger partial charge in [-0.1, -0.05) is 24.3 Å². The third-order valence-electron chi connectivity index (χ3n) is 5.21. The minimum Gasteiger partial charge on any atom is -0.367 e. The zero-order valence-corrected chi connectivity index (χ0v) is 15.8. The van der Waals surface area contributed by atoms with Crippen LogP contribution in [0.1, 0.15) is 17.5 Å². The van der Waals surface area contributed by atoms with Crippen LogP contribution in [0.4, 0.5) is 5.69 Å². The van der Waals surface area contributed by atoms with Gasteiger partial charge in [-0.15, -0.1) is 0 Å². The lowest BCUT2D eigenvalue weighted by atomic mass is 9.80. The molecule has 3 heterocycles. The van der Waals surface area contributed by atoms with Crippen LogP contribution in [0.15, 0.2) is 48.8 Å². The SMILES string of the molecule is CS(=O)(=O)N1C[C@@]2(CO[C@@H](C(=O)NCc3cccnc3)C2)c2ccccc21. The second-order valence-corrected chi connectivity index (χ2v) is 9.06. The number of nitrogens with zero attached hydrogens (tertiary/aromatic N) is 2. The first-order chi connectivity index (χ1) is 12.9. The van der Waals surface area contributed by atoms with Gasteiger partial charge in [0.15, 0.2) is 0 Å². The van der Waals surface area contributed by atoms with Crippen molar-refractivity contribution in [2.45, 2.75) is 24.5 Å². The lowest BCUT2D eigenvalue weighted by molar-refractivity contribution is -0.130. The maximum absolute atomic E-state index is 12.6. The van der Waals surface area contributed by atoms with Crippen LogP contribution >= 0.6 is 0 Å². The summed E-state index contributed by atoms with van der Waals surface area (Å²) in [5.41, 5.74) is 2.03. The van der Waals surface area contributed by atoms with E-state index in [1.807, 2.05) is 30.3 Å². The van der Waals surface area contributed by atoms with Crippen LogP contribution < -0.4 is 9.62 Å². The number of ether oxygens (including phenoxy) is 1. The zero-order valence-electron chi connectivity index (χ0n) is 15.0. The molecule has 0 saturated carbocycles. The van der Waals surface area contributed by atoms with Gasteiger partial charge >= 0.3 is 0 Å². The van der Waals surface area contributed by atoms with E-state index in [0.29, 0.717) is 31.8 Å². The first kappa shape index (κ1) is 17.9. The number of benzene rings is 1. The van der Waals surface area contributed by atoms with Crippen molar-refractivity contribution < 1.29 is 17.9 Å². The number of carbonyl (C=O) groups excluding carboxylic acids is 1. The van der Waals surface area contributed by atoms with Crippen molar-refractivity contribution in [3.05, 3.63) is 59.9 Å². The number of hydrogen-bond donors (Lipinski definition) is 1. The highest BCUT2D eigenvalue weighted by molar-refractivity contribution is 7.92. The van der Waals surface area contributed by atoms with E-state index < -0.39 is 21.5 Å². The lowest BCUT2D eigenvalue weighted by Crippen LogP contribution is -2.38. The van der Waals surface area contributed by atoms with Crippen molar-refractivity contribution in [2.24, 2.45) is 0 Å². The van der Waals surface area contributed by atoms with Crippen molar-refractivity contribution in [1.82, 2.24) is 10.3 Å². The second kappa shape index (κ2) is 6.61. The van der Waals surface area contributed by atoms with Crippen LogP contribution in [-0.2, 0) is 31.5 Å². The fraction of sp³-hybridized carbons (Fsp3) is 0.368. The second-order valence-electron chi connectivity index (χ2n) is 7.15. The van der Waals surface area contributed by atoms with Crippen molar-refractivity contribution in [2.75, 3.05) is 23.7 Å². The predicted octanol–water partition coefficient (Wildman–Crippen LogP) is 1.20. The molecule has 2 aromatic rings. The van der Waals surface area contributed by atoms with Crippen LogP contribution in [0, 0.1) is 0 Å². The summed E-state index contributed by atoms with van der Waals surface area (Å²) in [5, 5.41) is 2.88. The summed E-state index contributed by atoms with van der Waals surface area (Å²) in [4.78, 5) is 16.6. The fourth-order valence-electron chi connectivity index (χ4n) is 3.89. The largest absolute Gasteiger partial charge is 0.367 e. The van der Waals surface area contributed by atoms with E-state index in [0.717, 1.165) is 11.1 Å². The molecular formula is C19H21N3O4S. The van der Waals surface area contributed by atoms with Crippen molar-refractivity contribution >= 4 is 21.6 Å². The van der Waals surface area contributed by atoms with E-state index in [1.54, 1.807) is 18.5 Å². The Morgan fingerprint density at radius 2 is 2.15 bits per heavy atom. The highest BCUT2D eigenvalue weighted by Crippen LogP contribution is 2.48. The molecule has 2 atom stereocenters. The van der Waals surface area contributed by atoms with Gasteiger partial charge in [-0.05, 0) is 29.7 Å². The number of rotatable bonds is 4. The summed E-state index contributed by atoms with van der Waals surface area (Å²) in [6.07, 6.45) is 4.44. The highest BCUT2D eigenvalue weighted by Gasteiger charge is 2.52. The molecule has 27 heavy (non-hydrogen) atoms. The number of pyridine rings is 1. The number of amides is 1. The average Bonchev–Trinajstić information content (AvgIpc) is 3.24. The van der Waals surface area contributed by atoms with Gasteiger partial charge in [-0.3, -0.25) is 14.1 Å². The molecular weight excluding hydrogens is 366 g/mol. The highest BCUT2D eigenvalue weighted by atomic mass is 32.2. The van der Waals surface area contributed by atoms with E-state index in [4.69, 9.17) is 4.74 Å². The first-order valence-corrected chi connectivity index (χ1v) is 10.6. The molecule has 2 aliphatic rings. The molecule has 8 heteroatoms. The van der Waals surface area contributed by atoms with Gasteiger partial charge < -0.3 is 10.1 Å². The van der Waals surface area contributed by atoms with Crippen LogP contribution in [0.5, 0.6) is 0 Å². The summed E-state index contributed by atoms with van der Waals surface area (Å²) in [7, 11) is -3.39. The monoisotopic (exact) mass is 387 g/mol. The van der Waals surface area contributed by atoms with Gasteiger partial charge in [0.2, 0.25) is 15.9 Å². The van der Waals surface area contributed by atoms with Gasteiger partial charge in [0.25, 0.3) is 0 Å². The summed E-state index contributed by atoms with van der Waals surface area (Å²) in [6, 6.07) is 11.2. The molecule has 0 radical (unpaired) electrons. The van der Waals surface area contributed by atoms with Crippen LogP contribution in [0.25, 0.3) is 0 Å². The smallest absolute Gasteiger partial charge is 0.249 e. The lowest BCUT2D eigenvalue weighted by Gasteiger charge is -2.23. The molecule has 1 aromatic heterocycles. The van der Waals surface area contributed by atoms with Crippen molar-refractivity contribution in [1.29, 1.82) is 0 Å². The summed E-state index contributed by atoms with van der Waals surface area (Å²) >= 11 is 0. The molecule has 0 bridgehead atoms. The van der Waals surface area contributed by atoms with E-state index >= 15 is 0 Å². The molecule has 1 aromatic carbocycles. The minimum absolute atomic E-state index is 0.189. The average molecular weight is 387 g/mol. The van der Waals surface area contributed by atoms with Crippen LogP contribution in [-0.4, -0.2) is 44.8 Å². The van der Waals surface area contributed by atoms with Crippen molar-refractivity contribution in [3.63, 3.8) is 0 Å². The molecule has 1 fully saturated rings. The number of anilines is 1. The normalized spacial score (nSPS) is 24.2. The van der Waals surface area contributed by atoms with Crippen LogP contribution in [0.2, 0.25) is 0 Å². The minimum atomic E-state index is -3.39. The predicted molar refractivity (Wildman–Crippen MR) is 101 cm³/mol. The number of carbonyl (C=O) groups is 1. The number of fused-ring (bicyclic) bond motifs is 2. The van der Waals surface area contributed by atoms with Gasteiger partial charge in [-0.2, -0.15) is 0 Å². The Hall–Kier alpha value is -2.45. The van der Waals surface area contributed by atoms with Gasteiger partial charge in [0.05, 0.1) is 18.6 Å². The molecule has 1 saturated heterocycles. The summed E-state index contributed by atoms with van der Waals surface area (Å²) in [6.45, 7) is 1.00. The number of para-hydroxylation sites is 1. The Bertz CT molecular complexity index is 964. The standard InChI is InChI=1S/C19H21N3O4S/c1-27(24,25)22-12-19(15-6-2-3-7-16(15)22)9-17(26-13-19)18(23)21-11-14-5-4-8-20-10-14/h2-8,10,17H,9,11-13H2,1H3,(H,21,23)/t17-,19+/m1/s1. The maximum atomic E-state index is 12.6. The maximum Gasteiger partial charge on any atom is 0.249 e. The van der Waals surface area contributed by atoms with E-state index in [1.165, 1.54) is 10.6 Å². The quantitative estimate of drug-likeness (QED) is 0.852. The molecule has 4 rings (SSSR count). The Morgan fingerprint density at radius 1 is 1.33 bits per heavy atom. The fourth-order valence-corrected chi connectivity index (χ4v) is 4.88. The van der Waals surface area contributed by atoms with Crippen molar-refractivity contribution in [3.8, 4) is 0 Å². The van der Waals surface area contributed by atoms with Gasteiger partial charge in [-0.25, -0.2) is 8.42 Å². The van der Waals surface area contributed by atoms with E-state index in [9.17, 15) is 13.2 Å². The van der Waals surface area contributed by atoms with Gasteiger partial charge in [0.1, 0.15) is 6.10 Å². The molecule has 1 N–H and O–H groups in total. The third kappa shape index (κ3) is 3.30. The number of sulfonamides is 1. The molecule has 142 valence electrons. The Kier molecular flexibility index (Phi) is 4.39.